The lowest BCUT2D eigenvalue weighted by Gasteiger charge is -2.12. The summed E-state index contributed by atoms with van der Waals surface area (Å²) in [4.78, 5) is 0. The molecule has 1 atom stereocenters. The molecular formula is C10H11BrIN. The van der Waals surface area contributed by atoms with E-state index in [2.05, 4.69) is 51.2 Å². The normalized spacial score (nSPS) is 12.5. The van der Waals surface area contributed by atoms with Gasteiger partial charge in [-0.1, -0.05) is 18.2 Å². The molecule has 0 aliphatic carbocycles. The average molecular weight is 352 g/mol. The maximum atomic E-state index is 5.97. The standard InChI is InChI=1S/C10H11BrIN/c1-2-4-9(13)7-5-3-6-8(12)10(7)11/h2-3,5-6,9H,1,4,13H2/t9-/m1/s1. The van der Waals surface area contributed by atoms with Crippen LogP contribution in [-0.4, -0.2) is 0 Å². The SMILES string of the molecule is C=CC[C@@H](N)c1cccc(I)c1Br. The summed E-state index contributed by atoms with van der Waals surface area (Å²) in [5.74, 6) is 0. The molecule has 0 unspecified atom stereocenters. The Morgan fingerprint density at radius 2 is 2.31 bits per heavy atom. The van der Waals surface area contributed by atoms with Gasteiger partial charge in [0.05, 0.1) is 0 Å². The number of hydrogen-bond acceptors (Lipinski definition) is 1. The fourth-order valence-electron chi connectivity index (χ4n) is 1.11. The van der Waals surface area contributed by atoms with E-state index in [9.17, 15) is 0 Å². The van der Waals surface area contributed by atoms with Crippen LogP contribution in [0.25, 0.3) is 0 Å². The van der Waals surface area contributed by atoms with Gasteiger partial charge in [-0.25, -0.2) is 0 Å². The highest BCUT2D eigenvalue weighted by Crippen LogP contribution is 2.28. The average Bonchev–Trinajstić information content (AvgIpc) is 2.10. The minimum atomic E-state index is 0.0431. The van der Waals surface area contributed by atoms with Crippen LogP contribution >= 0.6 is 38.5 Å². The van der Waals surface area contributed by atoms with Gasteiger partial charge in [0, 0.05) is 14.1 Å². The van der Waals surface area contributed by atoms with Crippen LogP contribution in [0.5, 0.6) is 0 Å². The summed E-state index contributed by atoms with van der Waals surface area (Å²) in [6.45, 7) is 3.68. The zero-order valence-corrected chi connectivity index (χ0v) is 10.9. The van der Waals surface area contributed by atoms with Crippen molar-refractivity contribution in [1.29, 1.82) is 0 Å². The van der Waals surface area contributed by atoms with E-state index >= 15 is 0 Å². The minimum Gasteiger partial charge on any atom is -0.324 e. The number of nitrogens with two attached hydrogens (primary N) is 1. The summed E-state index contributed by atoms with van der Waals surface area (Å²) >= 11 is 5.81. The Hall–Kier alpha value is 0.130. The highest BCUT2D eigenvalue weighted by molar-refractivity contribution is 14.1. The summed E-state index contributed by atoms with van der Waals surface area (Å²) < 4.78 is 2.29. The molecule has 1 aromatic rings. The first kappa shape index (κ1) is 11.2. The smallest absolute Gasteiger partial charge is 0.0356 e. The van der Waals surface area contributed by atoms with Gasteiger partial charge in [0.1, 0.15) is 0 Å². The second-order valence-electron chi connectivity index (χ2n) is 2.77. The van der Waals surface area contributed by atoms with Crippen LogP contribution in [0, 0.1) is 3.57 Å². The molecule has 1 nitrogen and oxygen atoms in total. The van der Waals surface area contributed by atoms with E-state index in [1.807, 2.05) is 18.2 Å². The third kappa shape index (κ3) is 2.79. The molecule has 0 saturated heterocycles. The number of rotatable bonds is 3. The Kier molecular flexibility index (Phi) is 4.41. The van der Waals surface area contributed by atoms with Crippen LogP contribution in [-0.2, 0) is 0 Å². The lowest BCUT2D eigenvalue weighted by Crippen LogP contribution is -2.10. The topological polar surface area (TPSA) is 26.0 Å². The van der Waals surface area contributed by atoms with Crippen LogP contribution < -0.4 is 5.73 Å². The Balaban J connectivity index is 3.00. The molecule has 0 bridgehead atoms. The van der Waals surface area contributed by atoms with Gasteiger partial charge in [-0.3, -0.25) is 0 Å². The summed E-state index contributed by atoms with van der Waals surface area (Å²) in [6, 6.07) is 6.15. The van der Waals surface area contributed by atoms with Crippen molar-refractivity contribution in [2.75, 3.05) is 0 Å². The molecular weight excluding hydrogens is 341 g/mol. The van der Waals surface area contributed by atoms with Gasteiger partial charge in [-0.2, -0.15) is 0 Å². The number of hydrogen-bond donors (Lipinski definition) is 1. The first-order chi connectivity index (χ1) is 6.16. The molecule has 2 N–H and O–H groups in total. The molecule has 70 valence electrons. The largest absolute Gasteiger partial charge is 0.324 e. The molecule has 0 spiro atoms. The van der Waals surface area contributed by atoms with E-state index in [0.29, 0.717) is 0 Å². The van der Waals surface area contributed by atoms with E-state index in [1.54, 1.807) is 0 Å². The van der Waals surface area contributed by atoms with Gasteiger partial charge in [0.15, 0.2) is 0 Å². The number of benzene rings is 1. The molecule has 0 saturated carbocycles. The molecule has 0 fully saturated rings. The van der Waals surface area contributed by atoms with Gasteiger partial charge in [0.2, 0.25) is 0 Å². The van der Waals surface area contributed by atoms with Crippen molar-refractivity contribution in [2.45, 2.75) is 12.5 Å². The van der Waals surface area contributed by atoms with Gasteiger partial charge in [-0.05, 0) is 56.6 Å². The molecule has 0 aromatic heterocycles. The third-order valence-electron chi connectivity index (χ3n) is 1.80. The lowest BCUT2D eigenvalue weighted by molar-refractivity contribution is 0.737. The first-order valence-corrected chi connectivity index (χ1v) is 5.84. The number of halogens is 2. The first-order valence-electron chi connectivity index (χ1n) is 3.97. The fraction of sp³-hybridized carbons (Fsp3) is 0.200. The molecule has 1 rings (SSSR count). The predicted molar refractivity (Wildman–Crippen MR) is 68.6 cm³/mol. The Bertz CT molecular complexity index is 312. The van der Waals surface area contributed by atoms with Crippen molar-refractivity contribution < 1.29 is 0 Å². The van der Waals surface area contributed by atoms with Crippen molar-refractivity contribution >= 4 is 38.5 Å². The van der Waals surface area contributed by atoms with E-state index in [-0.39, 0.29) is 6.04 Å². The van der Waals surface area contributed by atoms with Crippen LogP contribution in [0.1, 0.15) is 18.0 Å². The van der Waals surface area contributed by atoms with Crippen molar-refractivity contribution in [3.8, 4) is 0 Å². The quantitative estimate of drug-likeness (QED) is 0.653. The Morgan fingerprint density at radius 1 is 1.62 bits per heavy atom. The van der Waals surface area contributed by atoms with Crippen LogP contribution in [0.15, 0.2) is 35.3 Å². The van der Waals surface area contributed by atoms with Crippen molar-refractivity contribution in [3.05, 3.63) is 44.5 Å². The molecule has 0 aliphatic heterocycles. The predicted octanol–water partition coefficient (Wildman–Crippen LogP) is 3.63. The van der Waals surface area contributed by atoms with Gasteiger partial charge >= 0.3 is 0 Å². The molecule has 0 amide bonds. The highest BCUT2D eigenvalue weighted by atomic mass is 127. The Labute approximate surface area is 101 Å². The van der Waals surface area contributed by atoms with Gasteiger partial charge < -0.3 is 5.73 Å². The zero-order chi connectivity index (χ0) is 9.84. The molecule has 0 heterocycles. The second kappa shape index (κ2) is 5.12. The summed E-state index contributed by atoms with van der Waals surface area (Å²) in [7, 11) is 0. The van der Waals surface area contributed by atoms with E-state index in [1.165, 1.54) is 3.57 Å². The van der Waals surface area contributed by atoms with Crippen molar-refractivity contribution in [2.24, 2.45) is 5.73 Å². The maximum absolute atomic E-state index is 5.97. The summed E-state index contributed by atoms with van der Waals surface area (Å²) in [5, 5.41) is 0. The highest BCUT2D eigenvalue weighted by Gasteiger charge is 2.09. The minimum absolute atomic E-state index is 0.0431. The monoisotopic (exact) mass is 351 g/mol. The second-order valence-corrected chi connectivity index (χ2v) is 4.73. The third-order valence-corrected chi connectivity index (χ3v) is 4.33. The van der Waals surface area contributed by atoms with Crippen LogP contribution in [0.2, 0.25) is 0 Å². The van der Waals surface area contributed by atoms with Gasteiger partial charge in [0.25, 0.3) is 0 Å². The van der Waals surface area contributed by atoms with Gasteiger partial charge in [-0.15, -0.1) is 6.58 Å². The lowest BCUT2D eigenvalue weighted by atomic mass is 10.1. The van der Waals surface area contributed by atoms with E-state index < -0.39 is 0 Å². The van der Waals surface area contributed by atoms with E-state index in [4.69, 9.17) is 5.73 Å². The summed E-state index contributed by atoms with van der Waals surface area (Å²) in [6.07, 6.45) is 2.65. The van der Waals surface area contributed by atoms with E-state index in [0.717, 1.165) is 16.5 Å². The molecule has 3 heteroatoms. The van der Waals surface area contributed by atoms with Crippen molar-refractivity contribution in [3.63, 3.8) is 0 Å². The molecule has 0 aliphatic rings. The van der Waals surface area contributed by atoms with Crippen LogP contribution in [0.3, 0.4) is 0 Å². The Morgan fingerprint density at radius 3 is 2.92 bits per heavy atom. The maximum Gasteiger partial charge on any atom is 0.0356 e. The zero-order valence-electron chi connectivity index (χ0n) is 7.13. The molecule has 0 radical (unpaired) electrons. The summed E-state index contributed by atoms with van der Waals surface area (Å²) in [5.41, 5.74) is 7.12. The molecule has 13 heavy (non-hydrogen) atoms. The fourth-order valence-corrected chi connectivity index (χ4v) is 2.19. The van der Waals surface area contributed by atoms with Crippen molar-refractivity contribution in [1.82, 2.24) is 0 Å². The van der Waals surface area contributed by atoms with Crippen LogP contribution in [0.4, 0.5) is 0 Å². The molecule has 1 aromatic carbocycles.